The summed E-state index contributed by atoms with van der Waals surface area (Å²) in [4.78, 5) is 8.69. The topological polar surface area (TPSA) is 47.0 Å². The molecule has 0 saturated heterocycles. The number of hydrogen-bond donors (Lipinski definition) is 1. The van der Waals surface area contributed by atoms with Crippen LogP contribution in [0.2, 0.25) is 0 Å². The van der Waals surface area contributed by atoms with Crippen molar-refractivity contribution >= 4 is 15.9 Å². The van der Waals surface area contributed by atoms with Gasteiger partial charge in [-0.25, -0.2) is 4.98 Å². The van der Waals surface area contributed by atoms with Gasteiger partial charge in [-0.05, 0) is 47.4 Å². The van der Waals surface area contributed by atoms with Crippen LogP contribution in [-0.4, -0.2) is 16.5 Å². The second-order valence-electron chi connectivity index (χ2n) is 5.32. The van der Waals surface area contributed by atoms with Crippen molar-refractivity contribution < 1.29 is 4.74 Å². The van der Waals surface area contributed by atoms with E-state index in [2.05, 4.69) is 45.1 Å². The van der Waals surface area contributed by atoms with E-state index in [1.165, 1.54) is 0 Å². The van der Waals surface area contributed by atoms with Gasteiger partial charge in [0.25, 0.3) is 0 Å². The minimum absolute atomic E-state index is 0.368. The Hall–Kier alpha value is -1.46. The summed E-state index contributed by atoms with van der Waals surface area (Å²) < 4.78 is 6.58. The minimum atomic E-state index is 0.368. The van der Waals surface area contributed by atoms with E-state index >= 15 is 0 Å². The van der Waals surface area contributed by atoms with E-state index in [-0.39, 0.29) is 0 Å². The van der Waals surface area contributed by atoms with Gasteiger partial charge < -0.3 is 10.1 Å². The minimum Gasteiger partial charge on any atom is -0.423 e. The zero-order valence-electron chi connectivity index (χ0n) is 12.6. The number of aromatic nitrogens is 2. The van der Waals surface area contributed by atoms with Gasteiger partial charge in [0.1, 0.15) is 5.75 Å². The molecule has 0 atom stereocenters. The van der Waals surface area contributed by atoms with Crippen LogP contribution >= 0.6 is 15.9 Å². The van der Waals surface area contributed by atoms with Gasteiger partial charge in [-0.2, -0.15) is 4.98 Å². The second kappa shape index (κ2) is 7.52. The highest BCUT2D eigenvalue weighted by Crippen LogP contribution is 2.27. The molecule has 0 spiro atoms. The van der Waals surface area contributed by atoms with Crippen LogP contribution in [-0.2, 0) is 6.54 Å². The Morgan fingerprint density at radius 2 is 2.05 bits per heavy atom. The van der Waals surface area contributed by atoms with Crippen molar-refractivity contribution in [3.05, 3.63) is 46.2 Å². The molecule has 0 aliphatic carbocycles. The number of halogens is 1. The molecule has 0 bridgehead atoms. The van der Waals surface area contributed by atoms with Crippen LogP contribution in [0.4, 0.5) is 0 Å². The van der Waals surface area contributed by atoms with Crippen LogP contribution < -0.4 is 10.1 Å². The van der Waals surface area contributed by atoms with Crippen molar-refractivity contribution in [1.29, 1.82) is 0 Å². The maximum Gasteiger partial charge on any atom is 0.322 e. The van der Waals surface area contributed by atoms with Crippen LogP contribution in [0.1, 0.15) is 25.1 Å². The lowest BCUT2D eigenvalue weighted by Gasteiger charge is -2.10. The Morgan fingerprint density at radius 1 is 1.29 bits per heavy atom. The van der Waals surface area contributed by atoms with Crippen LogP contribution in [0.25, 0.3) is 0 Å². The second-order valence-corrected chi connectivity index (χ2v) is 6.17. The van der Waals surface area contributed by atoms with E-state index in [1.54, 1.807) is 0 Å². The Morgan fingerprint density at radius 3 is 2.71 bits per heavy atom. The van der Waals surface area contributed by atoms with Gasteiger partial charge in [0.15, 0.2) is 0 Å². The highest BCUT2D eigenvalue weighted by atomic mass is 79.9. The van der Waals surface area contributed by atoms with Crippen molar-refractivity contribution in [2.24, 2.45) is 5.92 Å². The quantitative estimate of drug-likeness (QED) is 0.853. The largest absolute Gasteiger partial charge is 0.423 e. The van der Waals surface area contributed by atoms with Gasteiger partial charge in [-0.15, -0.1) is 0 Å². The van der Waals surface area contributed by atoms with E-state index in [4.69, 9.17) is 4.74 Å². The molecule has 5 heteroatoms. The van der Waals surface area contributed by atoms with Crippen molar-refractivity contribution in [3.63, 3.8) is 0 Å². The maximum absolute atomic E-state index is 5.70. The summed E-state index contributed by atoms with van der Waals surface area (Å²) in [7, 11) is 0. The lowest BCUT2D eigenvalue weighted by molar-refractivity contribution is 0.436. The first-order chi connectivity index (χ1) is 10.1. The normalized spacial score (nSPS) is 10.9. The highest BCUT2D eigenvalue weighted by Gasteiger charge is 2.07. The molecule has 0 unspecified atom stereocenters. The third-order valence-corrected chi connectivity index (χ3v) is 3.62. The molecule has 112 valence electrons. The molecule has 0 amide bonds. The molecular formula is C16H20BrN3O. The average molecular weight is 350 g/mol. The van der Waals surface area contributed by atoms with Crippen LogP contribution in [0.5, 0.6) is 11.8 Å². The number of para-hydroxylation sites is 1. The predicted octanol–water partition coefficient (Wildman–Crippen LogP) is 4.09. The molecule has 1 aromatic carbocycles. The summed E-state index contributed by atoms with van der Waals surface area (Å²) in [5.74, 6) is 1.34. The summed E-state index contributed by atoms with van der Waals surface area (Å²) in [6.45, 7) is 8.10. The summed E-state index contributed by atoms with van der Waals surface area (Å²) in [5, 5.41) is 3.39. The van der Waals surface area contributed by atoms with Crippen molar-refractivity contribution in [1.82, 2.24) is 15.3 Å². The summed E-state index contributed by atoms with van der Waals surface area (Å²) in [6.07, 6.45) is 1.82. The van der Waals surface area contributed by atoms with Gasteiger partial charge >= 0.3 is 6.01 Å². The van der Waals surface area contributed by atoms with Crippen LogP contribution in [0.3, 0.4) is 0 Å². The SMILES string of the molecule is Cc1nc(Oc2ccccc2Br)ncc1CNCC(C)C. The van der Waals surface area contributed by atoms with E-state index in [1.807, 2.05) is 37.4 Å². The zero-order valence-corrected chi connectivity index (χ0v) is 14.1. The van der Waals surface area contributed by atoms with Gasteiger partial charge in [0, 0.05) is 24.0 Å². The first-order valence-electron chi connectivity index (χ1n) is 7.02. The number of hydrogen-bond acceptors (Lipinski definition) is 4. The fourth-order valence-corrected chi connectivity index (χ4v) is 2.18. The zero-order chi connectivity index (χ0) is 15.2. The lowest BCUT2D eigenvalue weighted by atomic mass is 10.2. The number of rotatable bonds is 6. The van der Waals surface area contributed by atoms with Gasteiger partial charge in [0.2, 0.25) is 0 Å². The Labute approximate surface area is 134 Å². The van der Waals surface area contributed by atoms with E-state index in [0.29, 0.717) is 17.7 Å². The molecular weight excluding hydrogens is 330 g/mol. The smallest absolute Gasteiger partial charge is 0.322 e. The third kappa shape index (κ3) is 4.79. The molecule has 1 aromatic heterocycles. The fraction of sp³-hybridized carbons (Fsp3) is 0.375. The Bertz CT molecular complexity index is 602. The number of nitrogens with one attached hydrogen (secondary N) is 1. The Balaban J connectivity index is 2.03. The standard InChI is InChI=1S/C16H20BrN3O/c1-11(2)8-18-9-13-10-19-16(20-12(13)3)21-15-7-5-4-6-14(15)17/h4-7,10-11,18H,8-9H2,1-3H3. The summed E-state index contributed by atoms with van der Waals surface area (Å²) >= 11 is 3.44. The first kappa shape index (κ1) is 15.9. The predicted molar refractivity (Wildman–Crippen MR) is 87.5 cm³/mol. The molecule has 0 aliphatic heterocycles. The van der Waals surface area contributed by atoms with Crippen LogP contribution in [0.15, 0.2) is 34.9 Å². The van der Waals surface area contributed by atoms with E-state index < -0.39 is 0 Å². The summed E-state index contributed by atoms with van der Waals surface area (Å²) in [6, 6.07) is 8.02. The fourth-order valence-electron chi connectivity index (χ4n) is 1.81. The number of aryl methyl sites for hydroxylation is 1. The van der Waals surface area contributed by atoms with Gasteiger partial charge in [-0.1, -0.05) is 26.0 Å². The van der Waals surface area contributed by atoms with Crippen molar-refractivity contribution in [2.45, 2.75) is 27.3 Å². The summed E-state index contributed by atoms with van der Waals surface area (Å²) in [5.41, 5.74) is 2.03. The third-order valence-electron chi connectivity index (χ3n) is 2.96. The van der Waals surface area contributed by atoms with E-state index in [9.17, 15) is 0 Å². The van der Waals surface area contributed by atoms with Crippen molar-refractivity contribution in [2.75, 3.05) is 6.54 Å². The highest BCUT2D eigenvalue weighted by molar-refractivity contribution is 9.10. The molecule has 0 radical (unpaired) electrons. The van der Waals surface area contributed by atoms with Gasteiger partial charge in [0.05, 0.1) is 4.47 Å². The molecule has 4 nitrogen and oxygen atoms in total. The number of ether oxygens (including phenoxy) is 1. The van der Waals surface area contributed by atoms with Crippen molar-refractivity contribution in [3.8, 4) is 11.8 Å². The lowest BCUT2D eigenvalue weighted by Crippen LogP contribution is -2.20. The molecule has 0 aliphatic rings. The molecule has 0 fully saturated rings. The average Bonchev–Trinajstić information content (AvgIpc) is 2.43. The molecule has 21 heavy (non-hydrogen) atoms. The van der Waals surface area contributed by atoms with Gasteiger partial charge in [-0.3, -0.25) is 0 Å². The molecule has 2 aromatic rings. The number of nitrogens with zero attached hydrogens (tertiary/aromatic N) is 2. The maximum atomic E-state index is 5.70. The molecule has 1 heterocycles. The molecule has 1 N–H and O–H groups in total. The molecule has 0 saturated carbocycles. The van der Waals surface area contributed by atoms with E-state index in [0.717, 1.165) is 28.8 Å². The van der Waals surface area contributed by atoms with Crippen LogP contribution in [0, 0.1) is 12.8 Å². The monoisotopic (exact) mass is 349 g/mol. The number of benzene rings is 1. The molecule has 2 rings (SSSR count). The Kier molecular flexibility index (Phi) is 5.70. The first-order valence-corrected chi connectivity index (χ1v) is 7.81.